The summed E-state index contributed by atoms with van der Waals surface area (Å²) in [5.74, 6) is 0. The number of hydrogen-bond acceptors (Lipinski definition) is 5. The molecule has 0 radical (unpaired) electrons. The van der Waals surface area contributed by atoms with Crippen molar-refractivity contribution in [3.8, 4) is 33.4 Å². The third-order valence-corrected chi connectivity index (χ3v) is 17.3. The van der Waals surface area contributed by atoms with Crippen LogP contribution in [0.1, 0.15) is 0 Å². The first-order valence-corrected chi connectivity index (χ1v) is 28.7. The van der Waals surface area contributed by atoms with E-state index in [1.807, 2.05) is 11.3 Å². The third kappa shape index (κ3) is 9.43. The number of allylic oxidation sites excluding steroid dienone is 3. The summed E-state index contributed by atoms with van der Waals surface area (Å²) in [6.45, 7) is 5.09. The second kappa shape index (κ2) is 21.3. The number of hydrogen-bond donors (Lipinski definition) is 0. The molecule has 0 atom stereocenters. The van der Waals surface area contributed by atoms with Crippen LogP contribution in [0.25, 0.3) is 75.1 Å². The van der Waals surface area contributed by atoms with E-state index in [1.165, 1.54) is 64.0 Å². The molecule has 0 amide bonds. The molecule has 5 heteroatoms. The van der Waals surface area contributed by atoms with E-state index in [4.69, 9.17) is 0 Å². The van der Waals surface area contributed by atoms with Crippen molar-refractivity contribution in [1.82, 2.24) is 0 Å². The molecule has 13 aromatic rings. The van der Waals surface area contributed by atoms with Gasteiger partial charge in [0.05, 0.1) is 22.7 Å². The molecular formula is C75H53N3S2. The predicted molar refractivity (Wildman–Crippen MR) is 347 cm³/mol. The van der Waals surface area contributed by atoms with Crippen LogP contribution in [-0.2, 0) is 0 Å². The van der Waals surface area contributed by atoms with E-state index in [2.05, 4.69) is 319 Å². The number of para-hydroxylation sites is 1. The Labute approximate surface area is 475 Å². The van der Waals surface area contributed by atoms with Crippen molar-refractivity contribution in [2.45, 2.75) is 4.90 Å². The van der Waals surface area contributed by atoms with Gasteiger partial charge in [0.15, 0.2) is 0 Å². The smallest absolute Gasteiger partial charge is 0.0555 e. The molecular weight excluding hydrogens is 1010 g/mol. The average Bonchev–Trinajstić information content (AvgIpc) is 3.95. The molecule has 0 unspecified atom stereocenters. The van der Waals surface area contributed by atoms with Gasteiger partial charge in [0.2, 0.25) is 0 Å². The molecule has 0 spiro atoms. The number of thioether (sulfide) groups is 1. The normalized spacial score (nSPS) is 13.3. The number of fused-ring (bicyclic) bond motifs is 7. The predicted octanol–water partition coefficient (Wildman–Crippen LogP) is 22.2. The van der Waals surface area contributed by atoms with Gasteiger partial charge in [0.1, 0.15) is 0 Å². The van der Waals surface area contributed by atoms with E-state index in [1.54, 1.807) is 11.8 Å². The number of nitrogens with zero attached hydrogens (tertiary/aromatic N) is 3. The van der Waals surface area contributed by atoms with Crippen LogP contribution in [0.5, 0.6) is 0 Å². The zero-order valence-corrected chi connectivity index (χ0v) is 45.5. The maximum Gasteiger partial charge on any atom is 0.0555 e. The fourth-order valence-electron chi connectivity index (χ4n) is 11.4. The minimum absolute atomic E-state index is 0.632. The van der Waals surface area contributed by atoms with Gasteiger partial charge in [-0.15, -0.1) is 11.3 Å². The lowest BCUT2D eigenvalue weighted by molar-refractivity contribution is 1.07. The van der Waals surface area contributed by atoms with E-state index >= 15 is 0 Å². The molecule has 0 aliphatic carbocycles. The van der Waals surface area contributed by atoms with Gasteiger partial charge in [-0.25, -0.2) is 0 Å². The van der Waals surface area contributed by atoms with Crippen LogP contribution in [-0.4, -0.2) is 6.54 Å². The quantitative estimate of drug-likeness (QED) is 0.126. The van der Waals surface area contributed by atoms with E-state index in [-0.39, 0.29) is 0 Å². The van der Waals surface area contributed by atoms with Gasteiger partial charge in [-0.1, -0.05) is 225 Å². The molecule has 1 aliphatic rings. The highest BCUT2D eigenvalue weighted by Crippen LogP contribution is 2.49. The Morgan fingerprint density at radius 3 is 1.55 bits per heavy atom. The molecule has 1 aromatic heterocycles. The fourth-order valence-corrected chi connectivity index (χ4v) is 13.3. The van der Waals surface area contributed by atoms with Crippen LogP contribution in [0.4, 0.5) is 45.5 Å². The Bertz CT molecular complexity index is 4480. The highest BCUT2D eigenvalue weighted by molar-refractivity contribution is 8.03. The summed E-state index contributed by atoms with van der Waals surface area (Å²) in [4.78, 5) is 9.51. The first kappa shape index (κ1) is 48.7. The van der Waals surface area contributed by atoms with Crippen molar-refractivity contribution in [1.29, 1.82) is 0 Å². The molecule has 3 nitrogen and oxygen atoms in total. The summed E-state index contributed by atoms with van der Waals surface area (Å²) in [6.07, 6.45) is 8.58. The molecule has 0 fully saturated rings. The molecule has 12 aromatic carbocycles. The minimum atomic E-state index is 0.632. The Kier molecular flexibility index (Phi) is 13.0. The van der Waals surface area contributed by atoms with Crippen molar-refractivity contribution in [3.05, 3.63) is 309 Å². The van der Waals surface area contributed by atoms with Crippen molar-refractivity contribution in [2.24, 2.45) is 0 Å². The van der Waals surface area contributed by atoms with Crippen LogP contribution < -0.4 is 14.7 Å². The van der Waals surface area contributed by atoms with Crippen molar-refractivity contribution < 1.29 is 0 Å². The molecule has 1 aliphatic heterocycles. The topological polar surface area (TPSA) is 9.72 Å². The van der Waals surface area contributed by atoms with Crippen LogP contribution in [0.3, 0.4) is 0 Å². The van der Waals surface area contributed by atoms with Crippen molar-refractivity contribution >= 4 is 110 Å². The molecule has 0 N–H and O–H groups in total. The first-order chi connectivity index (χ1) is 39.6. The highest BCUT2D eigenvalue weighted by atomic mass is 32.2. The average molecular weight is 1060 g/mol. The van der Waals surface area contributed by atoms with Gasteiger partial charge in [-0.3, -0.25) is 0 Å². The lowest BCUT2D eigenvalue weighted by atomic mass is 9.98. The van der Waals surface area contributed by atoms with Crippen molar-refractivity contribution in [3.63, 3.8) is 0 Å². The Morgan fingerprint density at radius 2 is 0.875 bits per heavy atom. The number of benzene rings is 12. The summed E-state index contributed by atoms with van der Waals surface area (Å²) in [5, 5.41) is 7.29. The van der Waals surface area contributed by atoms with Gasteiger partial charge in [-0.2, -0.15) is 0 Å². The van der Waals surface area contributed by atoms with Crippen LogP contribution >= 0.6 is 23.1 Å². The zero-order valence-electron chi connectivity index (χ0n) is 43.9. The lowest BCUT2D eigenvalue weighted by Gasteiger charge is -2.33. The molecule has 380 valence electrons. The molecule has 0 saturated carbocycles. The van der Waals surface area contributed by atoms with E-state index < -0.39 is 0 Å². The Balaban J connectivity index is 1.02. The fraction of sp³-hybridized carbons (Fsp3) is 0.0133. The van der Waals surface area contributed by atoms with Gasteiger partial charge >= 0.3 is 0 Å². The number of rotatable bonds is 10. The second-order valence-corrected chi connectivity index (χ2v) is 22.4. The van der Waals surface area contributed by atoms with Crippen LogP contribution in [0.15, 0.2) is 314 Å². The highest BCUT2D eigenvalue weighted by Gasteiger charge is 2.25. The van der Waals surface area contributed by atoms with Crippen molar-refractivity contribution in [2.75, 3.05) is 21.2 Å². The monoisotopic (exact) mass is 1060 g/mol. The summed E-state index contributed by atoms with van der Waals surface area (Å²) in [7, 11) is 0. The first-order valence-electron chi connectivity index (χ1n) is 27.1. The maximum atomic E-state index is 4.46. The molecule has 80 heavy (non-hydrogen) atoms. The van der Waals surface area contributed by atoms with Crippen LogP contribution in [0, 0.1) is 0 Å². The van der Waals surface area contributed by atoms with Gasteiger partial charge < -0.3 is 14.7 Å². The van der Waals surface area contributed by atoms with E-state index in [9.17, 15) is 0 Å². The minimum Gasteiger partial charge on any atom is -0.337 e. The van der Waals surface area contributed by atoms with Crippen LogP contribution in [0.2, 0.25) is 0 Å². The van der Waals surface area contributed by atoms with E-state index in [0.29, 0.717) is 6.54 Å². The molecule has 2 heterocycles. The maximum absolute atomic E-state index is 4.46. The second-order valence-electron chi connectivity index (χ2n) is 20.2. The summed E-state index contributed by atoms with van der Waals surface area (Å²) < 4.78 is 2.54. The standard InChI is InChI=1S/C75H53N3S2/c1-52-19-5-4-18-46-76(71-29-15-17-31-75(71)79-52)63-48-64(77(60-40-36-57(37-41-60)54-22-8-3-9-23-54)61-42-38-58(39-43-61)56-34-32-55(33-35-56)53-20-6-2-7-21-53)50-65(49-63)78(62-44-45-74-70(51-62)69-28-14-16-30-73(69)80-74)72-47-59-24-10-11-25-66(59)67-26-12-13-27-68(67)72/h2-45,47-51H,1,46H2/b18-4-,19-5-. The van der Waals surface area contributed by atoms with Gasteiger partial charge in [-0.05, 0) is 141 Å². The summed E-state index contributed by atoms with van der Waals surface area (Å²) in [5.41, 5.74) is 15.5. The number of anilines is 8. The lowest BCUT2D eigenvalue weighted by Crippen LogP contribution is -2.20. The van der Waals surface area contributed by atoms with E-state index in [0.717, 1.165) is 66.4 Å². The molecule has 0 saturated heterocycles. The number of thiophene rings is 1. The Morgan fingerprint density at radius 1 is 0.362 bits per heavy atom. The summed E-state index contributed by atoms with van der Waals surface area (Å²) in [6, 6.07) is 100. The van der Waals surface area contributed by atoms with Gasteiger partial charge in [0, 0.05) is 64.7 Å². The SMILES string of the molecule is C=C1/C=C\C=C/CN(c2cc(N(c3ccc(-c4ccccc4)cc3)c3ccc(-c4ccc(-c5ccccc5)cc4)cc3)cc(N(c3ccc4sc5ccccc5c4c3)c3cc4ccccc4c4ccccc34)c2)c2ccccc2S1. The van der Waals surface area contributed by atoms with Gasteiger partial charge in [0.25, 0.3) is 0 Å². The molecule has 14 rings (SSSR count). The summed E-state index contributed by atoms with van der Waals surface area (Å²) >= 11 is 3.55. The largest absolute Gasteiger partial charge is 0.337 e. The third-order valence-electron chi connectivity index (χ3n) is 15.2. The zero-order chi connectivity index (χ0) is 53.4. The Hall–Kier alpha value is -9.65. The molecule has 0 bridgehead atoms.